The predicted octanol–water partition coefficient (Wildman–Crippen LogP) is 1.45. The molecule has 0 aromatic heterocycles. The summed E-state index contributed by atoms with van der Waals surface area (Å²) >= 11 is 0. The van der Waals surface area contributed by atoms with Gasteiger partial charge in [0.2, 0.25) is 0 Å². The third kappa shape index (κ3) is 2.40. The van der Waals surface area contributed by atoms with Gasteiger partial charge in [0.25, 0.3) is 0 Å². The number of aliphatic hydroxyl groups is 1. The number of nitrogens with zero attached hydrogens (tertiary/aromatic N) is 1. The van der Waals surface area contributed by atoms with E-state index in [4.69, 9.17) is 5.21 Å². The molecule has 2 rings (SSSR count). The minimum Gasteiger partial charge on any atom is -0.391 e. The maximum absolute atomic E-state index is 9.55. The molecule has 1 heterocycles. The van der Waals surface area contributed by atoms with Gasteiger partial charge in [0.15, 0.2) is 0 Å². The van der Waals surface area contributed by atoms with E-state index in [2.05, 4.69) is 10.4 Å². The summed E-state index contributed by atoms with van der Waals surface area (Å²) in [5.41, 5.74) is 3.87. The molecule has 0 unspecified atom stereocenters. The number of anilines is 2. The van der Waals surface area contributed by atoms with Crippen LogP contribution in [-0.4, -0.2) is 29.5 Å². The summed E-state index contributed by atoms with van der Waals surface area (Å²) in [7, 11) is 0. The molecule has 1 aliphatic heterocycles. The molecule has 0 bridgehead atoms. The molecular weight excluding hydrogens is 192 g/mol. The zero-order valence-corrected chi connectivity index (χ0v) is 8.56. The van der Waals surface area contributed by atoms with Gasteiger partial charge in [-0.25, -0.2) is 0 Å². The van der Waals surface area contributed by atoms with Gasteiger partial charge in [-0.05, 0) is 37.1 Å². The van der Waals surface area contributed by atoms with Gasteiger partial charge in [0.05, 0.1) is 11.8 Å². The van der Waals surface area contributed by atoms with Gasteiger partial charge >= 0.3 is 0 Å². The highest BCUT2D eigenvalue weighted by atomic mass is 16.5. The zero-order valence-electron chi connectivity index (χ0n) is 8.56. The van der Waals surface area contributed by atoms with Crippen molar-refractivity contribution in [3.63, 3.8) is 0 Å². The lowest BCUT2D eigenvalue weighted by Crippen LogP contribution is -2.38. The van der Waals surface area contributed by atoms with Crippen molar-refractivity contribution in [3.8, 4) is 0 Å². The lowest BCUT2D eigenvalue weighted by Gasteiger charge is -2.32. The molecule has 3 N–H and O–H groups in total. The van der Waals surface area contributed by atoms with Crippen LogP contribution < -0.4 is 10.4 Å². The van der Waals surface area contributed by atoms with Gasteiger partial charge in [-0.2, -0.15) is 0 Å². The Balaban J connectivity index is 2.07. The van der Waals surface area contributed by atoms with Crippen molar-refractivity contribution < 1.29 is 10.3 Å². The number of β-amino-alcohol motifs (C(OH)–C–C–N with tert-alkyl or cyclic N) is 1. The highest BCUT2D eigenvalue weighted by molar-refractivity contribution is 5.54. The molecule has 4 heteroatoms. The van der Waals surface area contributed by atoms with Crippen molar-refractivity contribution in [1.82, 2.24) is 0 Å². The van der Waals surface area contributed by atoms with E-state index in [1.807, 2.05) is 24.3 Å². The van der Waals surface area contributed by atoms with Gasteiger partial charge < -0.3 is 10.0 Å². The number of piperidine rings is 1. The van der Waals surface area contributed by atoms with Crippen LogP contribution in [0.15, 0.2) is 24.3 Å². The SMILES string of the molecule is ONc1ccc(N2CCC[C@@H](O)C2)cc1. The Hall–Kier alpha value is -1.26. The third-order valence-electron chi connectivity index (χ3n) is 2.76. The monoisotopic (exact) mass is 208 g/mol. The first-order chi connectivity index (χ1) is 7.29. The lowest BCUT2D eigenvalue weighted by atomic mass is 10.1. The molecule has 0 amide bonds. The van der Waals surface area contributed by atoms with Gasteiger partial charge in [0.1, 0.15) is 0 Å². The molecule has 0 radical (unpaired) electrons. The molecule has 1 fully saturated rings. The number of nitrogens with one attached hydrogen (secondary N) is 1. The second-order valence-electron chi connectivity index (χ2n) is 3.90. The van der Waals surface area contributed by atoms with E-state index >= 15 is 0 Å². The summed E-state index contributed by atoms with van der Waals surface area (Å²) in [4.78, 5) is 2.16. The van der Waals surface area contributed by atoms with E-state index in [-0.39, 0.29) is 6.10 Å². The Bertz CT molecular complexity index is 313. The van der Waals surface area contributed by atoms with Crippen LogP contribution in [0.25, 0.3) is 0 Å². The lowest BCUT2D eigenvalue weighted by molar-refractivity contribution is 0.154. The van der Waals surface area contributed by atoms with Crippen molar-refractivity contribution >= 4 is 11.4 Å². The second-order valence-corrected chi connectivity index (χ2v) is 3.90. The summed E-state index contributed by atoms with van der Waals surface area (Å²) in [5, 5.41) is 18.2. The number of hydrogen-bond donors (Lipinski definition) is 3. The standard InChI is InChI=1S/C11H16N2O2/c14-11-2-1-7-13(8-11)10-5-3-9(12-15)4-6-10/h3-6,11-12,14-15H,1-2,7-8H2/t11-/m1/s1. The summed E-state index contributed by atoms with van der Waals surface area (Å²) in [6, 6.07) is 7.51. The number of benzene rings is 1. The van der Waals surface area contributed by atoms with E-state index in [0.717, 1.165) is 25.1 Å². The second kappa shape index (κ2) is 4.51. The third-order valence-corrected chi connectivity index (χ3v) is 2.76. The first kappa shape index (κ1) is 10.3. The fraction of sp³-hybridized carbons (Fsp3) is 0.455. The van der Waals surface area contributed by atoms with E-state index in [9.17, 15) is 5.11 Å². The van der Waals surface area contributed by atoms with Crippen molar-refractivity contribution in [1.29, 1.82) is 0 Å². The highest BCUT2D eigenvalue weighted by Gasteiger charge is 2.17. The zero-order chi connectivity index (χ0) is 10.7. The van der Waals surface area contributed by atoms with Gasteiger partial charge in [-0.3, -0.25) is 10.7 Å². The molecule has 82 valence electrons. The molecule has 4 nitrogen and oxygen atoms in total. The molecule has 0 aliphatic carbocycles. The maximum Gasteiger partial charge on any atom is 0.0715 e. The summed E-state index contributed by atoms with van der Waals surface area (Å²) in [6.07, 6.45) is 1.71. The maximum atomic E-state index is 9.55. The minimum absolute atomic E-state index is 0.214. The van der Waals surface area contributed by atoms with Crippen LogP contribution in [0.1, 0.15) is 12.8 Å². The van der Waals surface area contributed by atoms with Crippen LogP contribution in [0.5, 0.6) is 0 Å². The quantitative estimate of drug-likeness (QED) is 0.644. The molecule has 15 heavy (non-hydrogen) atoms. The summed E-state index contributed by atoms with van der Waals surface area (Å²) in [6.45, 7) is 1.69. The Morgan fingerprint density at radius 2 is 2.00 bits per heavy atom. The number of aliphatic hydroxyl groups excluding tert-OH is 1. The molecule has 1 aliphatic rings. The van der Waals surface area contributed by atoms with Crippen molar-refractivity contribution in [2.45, 2.75) is 18.9 Å². The average Bonchev–Trinajstić information content (AvgIpc) is 2.29. The van der Waals surface area contributed by atoms with Crippen molar-refractivity contribution in [2.75, 3.05) is 23.5 Å². The van der Waals surface area contributed by atoms with Crippen LogP contribution in [0.4, 0.5) is 11.4 Å². The molecular formula is C11H16N2O2. The fourth-order valence-corrected chi connectivity index (χ4v) is 1.94. The minimum atomic E-state index is -0.214. The van der Waals surface area contributed by atoms with Crippen LogP contribution >= 0.6 is 0 Å². The fourth-order valence-electron chi connectivity index (χ4n) is 1.94. The van der Waals surface area contributed by atoms with Gasteiger partial charge in [-0.1, -0.05) is 0 Å². The van der Waals surface area contributed by atoms with Gasteiger partial charge in [-0.15, -0.1) is 0 Å². The van der Waals surface area contributed by atoms with Crippen LogP contribution in [-0.2, 0) is 0 Å². The van der Waals surface area contributed by atoms with Crippen LogP contribution in [0.2, 0.25) is 0 Å². The smallest absolute Gasteiger partial charge is 0.0715 e. The van der Waals surface area contributed by atoms with Crippen LogP contribution in [0.3, 0.4) is 0 Å². The largest absolute Gasteiger partial charge is 0.391 e. The molecule has 0 spiro atoms. The number of rotatable bonds is 2. The van der Waals surface area contributed by atoms with Crippen molar-refractivity contribution in [2.24, 2.45) is 0 Å². The van der Waals surface area contributed by atoms with Crippen molar-refractivity contribution in [3.05, 3.63) is 24.3 Å². The normalized spacial score (nSPS) is 21.5. The molecule has 1 saturated heterocycles. The van der Waals surface area contributed by atoms with Crippen LogP contribution in [0, 0.1) is 0 Å². The molecule has 1 aromatic rings. The Morgan fingerprint density at radius 3 is 2.60 bits per heavy atom. The summed E-state index contributed by atoms with van der Waals surface area (Å²) < 4.78 is 0. The van der Waals surface area contributed by atoms with Gasteiger partial charge in [0, 0.05) is 18.8 Å². The van der Waals surface area contributed by atoms with E-state index < -0.39 is 0 Å². The first-order valence-corrected chi connectivity index (χ1v) is 5.23. The van der Waals surface area contributed by atoms with E-state index in [1.165, 1.54) is 0 Å². The predicted molar refractivity (Wildman–Crippen MR) is 59.3 cm³/mol. The Morgan fingerprint density at radius 1 is 1.27 bits per heavy atom. The van der Waals surface area contributed by atoms with E-state index in [0.29, 0.717) is 12.2 Å². The Labute approximate surface area is 89.1 Å². The Kier molecular flexibility index (Phi) is 3.08. The molecule has 0 saturated carbocycles. The highest BCUT2D eigenvalue weighted by Crippen LogP contribution is 2.21. The molecule has 1 aromatic carbocycles. The molecule has 1 atom stereocenters. The topological polar surface area (TPSA) is 55.7 Å². The summed E-state index contributed by atoms with van der Waals surface area (Å²) in [5.74, 6) is 0. The first-order valence-electron chi connectivity index (χ1n) is 5.23. The number of hydrogen-bond acceptors (Lipinski definition) is 4. The average molecular weight is 208 g/mol. The van der Waals surface area contributed by atoms with E-state index in [1.54, 1.807) is 0 Å².